The fourth-order valence-corrected chi connectivity index (χ4v) is 5.50. The van der Waals surface area contributed by atoms with E-state index in [0.717, 1.165) is 11.1 Å². The van der Waals surface area contributed by atoms with E-state index in [4.69, 9.17) is 10.5 Å². The highest BCUT2D eigenvalue weighted by Crippen LogP contribution is 2.54. The van der Waals surface area contributed by atoms with Crippen molar-refractivity contribution >= 4 is 29.3 Å². The Morgan fingerprint density at radius 3 is 2.52 bits per heavy atom. The Morgan fingerprint density at radius 1 is 1.12 bits per heavy atom. The number of ether oxygens (including phenoxy) is 1. The topological polar surface area (TPSA) is 131 Å². The molecule has 4 atom stereocenters. The fourth-order valence-electron chi connectivity index (χ4n) is 5.50. The summed E-state index contributed by atoms with van der Waals surface area (Å²) in [6.07, 6.45) is -0.160. The van der Waals surface area contributed by atoms with Crippen LogP contribution < -0.4 is 21.1 Å². The van der Waals surface area contributed by atoms with Gasteiger partial charge >= 0.3 is 0 Å². The molecule has 3 aliphatic heterocycles. The van der Waals surface area contributed by atoms with E-state index in [9.17, 15) is 19.2 Å². The number of benzene rings is 2. The van der Waals surface area contributed by atoms with Gasteiger partial charge in [-0.25, -0.2) is 0 Å². The van der Waals surface area contributed by atoms with Gasteiger partial charge in [-0.3, -0.25) is 29.4 Å². The van der Waals surface area contributed by atoms with Crippen LogP contribution in [0, 0.1) is 18.8 Å². The third kappa shape index (κ3) is 2.96. The summed E-state index contributed by atoms with van der Waals surface area (Å²) in [5, 5.41) is 6.08. The Bertz CT molecular complexity index is 1190. The zero-order valence-corrected chi connectivity index (χ0v) is 18.3. The third-order valence-electron chi connectivity index (χ3n) is 6.97. The Kier molecular flexibility index (Phi) is 4.75. The summed E-state index contributed by atoms with van der Waals surface area (Å²) in [5.74, 6) is -3.05. The van der Waals surface area contributed by atoms with Gasteiger partial charge in [-0.15, -0.1) is 0 Å². The van der Waals surface area contributed by atoms with Gasteiger partial charge in [0, 0.05) is 23.7 Å². The van der Waals surface area contributed by atoms with E-state index in [1.807, 2.05) is 19.1 Å². The predicted octanol–water partition coefficient (Wildman–Crippen LogP) is 0.800. The van der Waals surface area contributed by atoms with Gasteiger partial charge in [-0.05, 0) is 30.2 Å². The molecular formula is C24H24N4O5. The van der Waals surface area contributed by atoms with Crippen LogP contribution in [0.3, 0.4) is 0 Å². The number of nitrogens with two attached hydrogens (primary N) is 1. The summed E-state index contributed by atoms with van der Waals surface area (Å²) in [6, 6.07) is 11.8. The van der Waals surface area contributed by atoms with Gasteiger partial charge in [0.15, 0.2) is 0 Å². The van der Waals surface area contributed by atoms with E-state index in [2.05, 4.69) is 10.6 Å². The SMILES string of the molecule is COc1ccc(CN2C(=O)[C@H]3[C@@H](C2=O)[C@]2(N[C@@H]3CC(N)=O)C(=O)Nc3c(C)cccc32)cc1. The Balaban J connectivity index is 1.58. The first-order valence-electron chi connectivity index (χ1n) is 10.7. The number of rotatable bonds is 5. The average molecular weight is 448 g/mol. The fraction of sp³-hybridized carbons (Fsp3) is 0.333. The molecule has 3 aliphatic rings. The van der Waals surface area contributed by atoms with E-state index < -0.39 is 47.0 Å². The van der Waals surface area contributed by atoms with Gasteiger partial charge in [0.05, 0.1) is 25.5 Å². The van der Waals surface area contributed by atoms with Crippen LogP contribution in [0.1, 0.15) is 23.1 Å². The second kappa shape index (κ2) is 7.41. The largest absolute Gasteiger partial charge is 0.497 e. The molecule has 0 aliphatic carbocycles. The third-order valence-corrected chi connectivity index (χ3v) is 6.97. The highest BCUT2D eigenvalue weighted by molar-refractivity contribution is 6.15. The summed E-state index contributed by atoms with van der Waals surface area (Å²) in [6.45, 7) is 1.93. The molecule has 0 radical (unpaired) electrons. The van der Waals surface area contributed by atoms with Crippen molar-refractivity contribution in [1.29, 1.82) is 0 Å². The molecule has 0 bridgehead atoms. The van der Waals surface area contributed by atoms with Crippen LogP contribution >= 0.6 is 0 Å². The molecule has 0 unspecified atom stereocenters. The number of anilines is 1. The number of fused-ring (bicyclic) bond motifs is 4. The van der Waals surface area contributed by atoms with Gasteiger partial charge in [0.25, 0.3) is 0 Å². The van der Waals surface area contributed by atoms with Gasteiger partial charge in [-0.2, -0.15) is 0 Å². The number of hydrogen-bond donors (Lipinski definition) is 3. The molecule has 4 amide bonds. The number of imide groups is 1. The maximum Gasteiger partial charge on any atom is 0.250 e. The van der Waals surface area contributed by atoms with Crippen LogP contribution in [0.5, 0.6) is 5.75 Å². The van der Waals surface area contributed by atoms with E-state index in [0.29, 0.717) is 17.0 Å². The summed E-state index contributed by atoms with van der Waals surface area (Å²) >= 11 is 0. The maximum atomic E-state index is 13.7. The Hall–Kier alpha value is -3.72. The van der Waals surface area contributed by atoms with Gasteiger partial charge in [0.1, 0.15) is 11.3 Å². The predicted molar refractivity (Wildman–Crippen MR) is 118 cm³/mol. The standard InChI is InChI=1S/C24H24N4O5/c1-12-4-3-5-15-20(12)26-23(32)24(15)19-18(16(27-24)10-17(25)29)21(30)28(22(19)31)11-13-6-8-14(33-2)9-7-13/h3-9,16,18-19,27H,10-11H2,1-2H3,(H2,25,29)(H,26,32)/t16-,18-,19+,24+/m1/s1. The zero-order valence-electron chi connectivity index (χ0n) is 18.3. The molecule has 2 aromatic carbocycles. The summed E-state index contributed by atoms with van der Waals surface area (Å²) in [5.41, 5.74) is 6.86. The van der Waals surface area contributed by atoms with Crippen LogP contribution in [0.15, 0.2) is 42.5 Å². The van der Waals surface area contributed by atoms with Crippen molar-refractivity contribution in [3.05, 3.63) is 59.2 Å². The number of methoxy groups -OCH3 is 1. The number of carbonyl (C=O) groups excluding carboxylic acids is 4. The molecular weight excluding hydrogens is 424 g/mol. The maximum absolute atomic E-state index is 13.7. The van der Waals surface area contributed by atoms with Crippen LogP contribution in [0.2, 0.25) is 0 Å². The number of para-hydroxylation sites is 1. The van der Waals surface area contributed by atoms with E-state index in [-0.39, 0.29) is 13.0 Å². The minimum absolute atomic E-state index is 0.0658. The quantitative estimate of drug-likeness (QED) is 0.580. The molecule has 5 rings (SSSR count). The smallest absolute Gasteiger partial charge is 0.250 e. The number of nitrogens with one attached hydrogen (secondary N) is 2. The molecule has 0 aromatic heterocycles. The number of nitrogens with zero attached hydrogens (tertiary/aromatic N) is 1. The minimum Gasteiger partial charge on any atom is -0.497 e. The molecule has 9 nitrogen and oxygen atoms in total. The molecule has 9 heteroatoms. The first-order valence-corrected chi connectivity index (χ1v) is 10.7. The van der Waals surface area contributed by atoms with Crippen LogP contribution in [0.4, 0.5) is 5.69 Å². The van der Waals surface area contributed by atoms with Crippen molar-refractivity contribution in [1.82, 2.24) is 10.2 Å². The van der Waals surface area contributed by atoms with E-state index in [1.165, 1.54) is 4.90 Å². The molecule has 4 N–H and O–H groups in total. The van der Waals surface area contributed by atoms with Crippen molar-refractivity contribution in [2.24, 2.45) is 17.6 Å². The number of hydrogen-bond acceptors (Lipinski definition) is 6. The Labute approximate surface area is 190 Å². The lowest BCUT2D eigenvalue weighted by molar-refractivity contribution is -0.143. The molecule has 33 heavy (non-hydrogen) atoms. The monoisotopic (exact) mass is 448 g/mol. The lowest BCUT2D eigenvalue weighted by Crippen LogP contribution is -2.53. The molecule has 2 fully saturated rings. The van der Waals surface area contributed by atoms with Crippen LogP contribution in [-0.4, -0.2) is 41.7 Å². The summed E-state index contributed by atoms with van der Waals surface area (Å²) in [7, 11) is 1.56. The van der Waals surface area contributed by atoms with Gasteiger partial charge < -0.3 is 15.8 Å². The second-order valence-corrected chi connectivity index (χ2v) is 8.80. The van der Waals surface area contributed by atoms with Gasteiger partial charge in [-0.1, -0.05) is 30.3 Å². The van der Waals surface area contributed by atoms with Gasteiger partial charge in [0.2, 0.25) is 23.6 Å². The zero-order chi connectivity index (χ0) is 23.5. The second-order valence-electron chi connectivity index (χ2n) is 8.80. The van der Waals surface area contributed by atoms with E-state index in [1.54, 1.807) is 37.4 Å². The van der Waals surface area contributed by atoms with Crippen molar-refractivity contribution < 1.29 is 23.9 Å². The number of likely N-dealkylation sites (tertiary alicyclic amines) is 1. The average Bonchev–Trinajstić information content (AvgIpc) is 3.35. The molecule has 2 aromatic rings. The van der Waals surface area contributed by atoms with E-state index >= 15 is 0 Å². The summed E-state index contributed by atoms with van der Waals surface area (Å²) < 4.78 is 5.17. The molecule has 3 heterocycles. The molecule has 2 saturated heterocycles. The molecule has 0 saturated carbocycles. The van der Waals surface area contributed by atoms with Crippen molar-refractivity contribution in [3.8, 4) is 5.75 Å². The Morgan fingerprint density at radius 2 is 1.85 bits per heavy atom. The van der Waals surface area contributed by atoms with Crippen molar-refractivity contribution in [2.45, 2.75) is 31.5 Å². The molecule has 1 spiro atoms. The highest BCUT2D eigenvalue weighted by atomic mass is 16.5. The number of carbonyl (C=O) groups is 4. The minimum atomic E-state index is -1.44. The van der Waals surface area contributed by atoms with Crippen molar-refractivity contribution in [3.63, 3.8) is 0 Å². The lowest BCUT2D eigenvalue weighted by atomic mass is 9.76. The van der Waals surface area contributed by atoms with Crippen molar-refractivity contribution in [2.75, 3.05) is 12.4 Å². The first kappa shape index (κ1) is 21.1. The van der Waals surface area contributed by atoms with Crippen LogP contribution in [-0.2, 0) is 31.3 Å². The lowest BCUT2D eigenvalue weighted by Gasteiger charge is -2.29. The normalized spacial score (nSPS) is 27.6. The first-order chi connectivity index (χ1) is 15.8. The highest BCUT2D eigenvalue weighted by Gasteiger charge is 2.70. The summed E-state index contributed by atoms with van der Waals surface area (Å²) in [4.78, 5) is 53.6. The number of amides is 4. The molecule has 170 valence electrons. The number of primary amides is 1. The number of aryl methyl sites for hydroxylation is 1. The van der Waals surface area contributed by atoms with Crippen LogP contribution in [0.25, 0.3) is 0 Å².